The number of ether oxygens (including phenoxy) is 2. The fourth-order valence-corrected chi connectivity index (χ4v) is 4.42. The van der Waals surface area contributed by atoms with Crippen LogP contribution in [0.5, 0.6) is 0 Å². The number of piperazine rings is 2. The number of methoxy groups -OCH3 is 1. The summed E-state index contributed by atoms with van der Waals surface area (Å²) in [5, 5.41) is 0. The van der Waals surface area contributed by atoms with Crippen molar-refractivity contribution in [3.8, 4) is 0 Å². The molecule has 3 fully saturated rings. The van der Waals surface area contributed by atoms with E-state index in [2.05, 4.69) is 26.6 Å². The Labute approximate surface area is 174 Å². The smallest absolute Gasteiger partial charge is 0.411 e. The van der Waals surface area contributed by atoms with Gasteiger partial charge in [0.15, 0.2) is 6.23 Å². The third-order valence-corrected chi connectivity index (χ3v) is 6.52. The number of amides is 1. The molecule has 0 aliphatic carbocycles. The zero-order valence-corrected chi connectivity index (χ0v) is 18.2. The van der Waals surface area contributed by atoms with Crippen molar-refractivity contribution in [2.75, 3.05) is 86.7 Å². The molecule has 3 saturated heterocycles. The van der Waals surface area contributed by atoms with Crippen LogP contribution in [0.3, 0.4) is 0 Å². The van der Waals surface area contributed by atoms with Crippen LogP contribution in [0.25, 0.3) is 0 Å². The first-order chi connectivity index (χ1) is 14.0. The molecule has 0 aromatic heterocycles. The van der Waals surface area contributed by atoms with E-state index in [0.717, 1.165) is 78.3 Å². The predicted molar refractivity (Wildman–Crippen MR) is 110 cm³/mol. The number of rotatable bonds is 8. The maximum atomic E-state index is 12.2. The van der Waals surface area contributed by atoms with Crippen molar-refractivity contribution in [1.29, 1.82) is 0 Å². The molecule has 3 aliphatic rings. The Balaban J connectivity index is 1.44. The molecule has 0 spiro atoms. The normalized spacial score (nSPS) is 28.0. The third kappa shape index (κ3) is 6.04. The largest absolute Gasteiger partial charge is 0.469 e. The summed E-state index contributed by atoms with van der Waals surface area (Å²) in [4.78, 5) is 34.8. The third-order valence-electron chi connectivity index (χ3n) is 6.52. The van der Waals surface area contributed by atoms with Crippen LogP contribution in [-0.4, -0.2) is 135 Å². The summed E-state index contributed by atoms with van der Waals surface area (Å²) < 4.78 is 10.5. The van der Waals surface area contributed by atoms with Crippen molar-refractivity contribution >= 4 is 12.1 Å². The Kier molecular flexibility index (Phi) is 8.11. The zero-order chi connectivity index (χ0) is 20.8. The molecule has 29 heavy (non-hydrogen) atoms. The molecule has 3 rings (SSSR count). The van der Waals surface area contributed by atoms with Crippen LogP contribution in [0.15, 0.2) is 0 Å². The maximum Gasteiger partial charge on any atom is 0.411 e. The average molecular weight is 412 g/mol. The topological polar surface area (TPSA) is 68.8 Å². The average Bonchev–Trinajstić information content (AvgIpc) is 3.02. The molecule has 3 heterocycles. The van der Waals surface area contributed by atoms with Gasteiger partial charge in [-0.05, 0) is 26.4 Å². The molecule has 1 amide bonds. The van der Waals surface area contributed by atoms with Crippen molar-refractivity contribution in [2.45, 2.75) is 31.5 Å². The van der Waals surface area contributed by atoms with Gasteiger partial charge in [-0.3, -0.25) is 9.69 Å². The number of nitrogens with zero attached hydrogens (tertiary/aromatic N) is 5. The van der Waals surface area contributed by atoms with Crippen molar-refractivity contribution in [3.63, 3.8) is 0 Å². The summed E-state index contributed by atoms with van der Waals surface area (Å²) in [6.07, 6.45) is 1.86. The Bertz CT molecular complexity index is 547. The minimum absolute atomic E-state index is 0.105. The number of hydrogen-bond acceptors (Lipinski definition) is 8. The molecule has 166 valence electrons. The first-order valence-electron chi connectivity index (χ1n) is 10.9. The molecule has 0 bridgehead atoms. The first kappa shape index (κ1) is 22.3. The Hall–Kier alpha value is -1.42. The van der Waals surface area contributed by atoms with Gasteiger partial charge in [0.2, 0.25) is 0 Å². The first-order valence-corrected chi connectivity index (χ1v) is 10.9. The number of carbonyl (C=O) groups excluding carboxylic acids is 2. The minimum atomic E-state index is -0.209. The van der Waals surface area contributed by atoms with E-state index >= 15 is 0 Å². The second-order valence-corrected chi connectivity index (χ2v) is 8.44. The van der Waals surface area contributed by atoms with Crippen LogP contribution in [0, 0.1) is 0 Å². The molecule has 0 aromatic rings. The lowest BCUT2D eigenvalue weighted by molar-refractivity contribution is -0.140. The van der Waals surface area contributed by atoms with E-state index < -0.39 is 0 Å². The molecular weight excluding hydrogens is 374 g/mol. The second kappa shape index (κ2) is 10.6. The van der Waals surface area contributed by atoms with Crippen LogP contribution in [0.4, 0.5) is 4.79 Å². The molecule has 2 atom stereocenters. The Morgan fingerprint density at radius 1 is 1.00 bits per heavy atom. The van der Waals surface area contributed by atoms with E-state index in [1.807, 2.05) is 7.05 Å². The van der Waals surface area contributed by atoms with Crippen molar-refractivity contribution in [3.05, 3.63) is 0 Å². The van der Waals surface area contributed by atoms with Gasteiger partial charge >= 0.3 is 12.1 Å². The van der Waals surface area contributed by atoms with E-state index in [0.29, 0.717) is 6.42 Å². The number of esters is 1. The number of carbonyl (C=O) groups is 2. The summed E-state index contributed by atoms with van der Waals surface area (Å²) in [6.45, 7) is 9.95. The molecule has 0 N–H and O–H groups in total. The highest BCUT2D eigenvalue weighted by Gasteiger charge is 2.43. The molecule has 9 heteroatoms. The summed E-state index contributed by atoms with van der Waals surface area (Å²) in [5.74, 6) is -0.146. The predicted octanol–water partition coefficient (Wildman–Crippen LogP) is -0.0286. The Morgan fingerprint density at radius 2 is 1.62 bits per heavy atom. The molecule has 9 nitrogen and oxygen atoms in total. The molecule has 2 unspecified atom stereocenters. The fraction of sp³-hybridized carbons (Fsp3) is 0.900. The van der Waals surface area contributed by atoms with Gasteiger partial charge in [0.25, 0.3) is 0 Å². The van der Waals surface area contributed by atoms with Crippen molar-refractivity contribution in [2.24, 2.45) is 0 Å². The molecular formula is C20H37N5O4. The van der Waals surface area contributed by atoms with Gasteiger partial charge in [0.05, 0.1) is 13.2 Å². The van der Waals surface area contributed by atoms with E-state index in [1.54, 1.807) is 4.90 Å². The second-order valence-electron chi connectivity index (χ2n) is 8.44. The summed E-state index contributed by atoms with van der Waals surface area (Å²) >= 11 is 0. The molecule has 0 radical (unpaired) electrons. The molecule has 0 aromatic carbocycles. The van der Waals surface area contributed by atoms with E-state index in [9.17, 15) is 9.59 Å². The molecule has 0 saturated carbocycles. The summed E-state index contributed by atoms with van der Waals surface area (Å²) in [5.41, 5.74) is 0. The lowest BCUT2D eigenvalue weighted by atomic mass is 10.1. The highest BCUT2D eigenvalue weighted by molar-refractivity contribution is 5.70. The van der Waals surface area contributed by atoms with Crippen LogP contribution >= 0.6 is 0 Å². The van der Waals surface area contributed by atoms with Gasteiger partial charge in [0, 0.05) is 72.4 Å². The van der Waals surface area contributed by atoms with Gasteiger partial charge in [-0.2, -0.15) is 0 Å². The van der Waals surface area contributed by atoms with E-state index in [-0.39, 0.29) is 24.3 Å². The molecule has 3 aliphatic heterocycles. The number of cyclic esters (lactones) is 1. The number of likely N-dealkylation sites (N-methyl/N-ethyl adjacent to an activating group) is 2. The maximum absolute atomic E-state index is 12.2. The Morgan fingerprint density at radius 3 is 2.28 bits per heavy atom. The summed E-state index contributed by atoms with van der Waals surface area (Å²) in [7, 11) is 5.46. The van der Waals surface area contributed by atoms with Crippen LogP contribution in [0.1, 0.15) is 19.3 Å². The van der Waals surface area contributed by atoms with Crippen molar-refractivity contribution < 1.29 is 19.1 Å². The van der Waals surface area contributed by atoms with E-state index in [4.69, 9.17) is 9.47 Å². The van der Waals surface area contributed by atoms with Gasteiger partial charge in [-0.25, -0.2) is 4.79 Å². The van der Waals surface area contributed by atoms with Crippen LogP contribution in [-0.2, 0) is 14.3 Å². The van der Waals surface area contributed by atoms with Gasteiger partial charge in [-0.15, -0.1) is 0 Å². The fourth-order valence-electron chi connectivity index (χ4n) is 4.42. The van der Waals surface area contributed by atoms with Crippen LogP contribution in [0.2, 0.25) is 0 Å². The standard InChI is InChI=1S/C20H37N5O4/c1-21-9-11-24(12-10-21)8-6-17-19(29-20(27)22(17)2)25-15-13-23(14-16-25)7-4-5-18(26)28-3/h17,19H,4-16H2,1-3H3. The quantitative estimate of drug-likeness (QED) is 0.516. The number of hydrogen-bond donors (Lipinski definition) is 0. The minimum Gasteiger partial charge on any atom is -0.469 e. The SMILES string of the molecule is COC(=O)CCCN1CCN(C2OC(=O)N(C)C2CCN2CCN(C)CC2)CC1. The highest BCUT2D eigenvalue weighted by Crippen LogP contribution is 2.25. The zero-order valence-electron chi connectivity index (χ0n) is 18.2. The van der Waals surface area contributed by atoms with Crippen LogP contribution < -0.4 is 0 Å². The van der Waals surface area contributed by atoms with Gasteiger partial charge in [0.1, 0.15) is 0 Å². The highest BCUT2D eigenvalue weighted by atomic mass is 16.6. The van der Waals surface area contributed by atoms with Gasteiger partial charge in [-0.1, -0.05) is 0 Å². The van der Waals surface area contributed by atoms with Gasteiger partial charge < -0.3 is 29.1 Å². The lowest BCUT2D eigenvalue weighted by Gasteiger charge is -2.39. The lowest BCUT2D eigenvalue weighted by Crippen LogP contribution is -2.54. The van der Waals surface area contributed by atoms with E-state index in [1.165, 1.54) is 7.11 Å². The summed E-state index contributed by atoms with van der Waals surface area (Å²) in [6, 6.07) is 0.105. The van der Waals surface area contributed by atoms with Crippen molar-refractivity contribution in [1.82, 2.24) is 24.5 Å². The monoisotopic (exact) mass is 411 g/mol.